The van der Waals surface area contributed by atoms with Crippen LogP contribution < -0.4 is 9.47 Å². The van der Waals surface area contributed by atoms with Gasteiger partial charge in [-0.05, 0) is 63.5 Å². The number of ether oxygens (including phenoxy) is 4. The molecular weight excluding hydrogens is 598 g/mol. The zero-order valence-corrected chi connectivity index (χ0v) is 24.0. The topological polar surface area (TPSA) is 96.8 Å². The molecule has 0 atom stereocenters. The van der Waals surface area contributed by atoms with Gasteiger partial charge in [0.15, 0.2) is 11.6 Å². The lowest BCUT2D eigenvalue weighted by Gasteiger charge is -2.22. The first-order chi connectivity index (χ1) is 20.9. The molecule has 1 heterocycles. The molecule has 0 aliphatic rings. The van der Waals surface area contributed by atoms with E-state index in [1.165, 1.54) is 0 Å². The van der Waals surface area contributed by atoms with Gasteiger partial charge in [-0.15, -0.1) is 0 Å². The molecule has 0 aliphatic carbocycles. The third kappa shape index (κ3) is 12.3. The number of hydrogen-bond donors (Lipinski definition) is 0. The van der Waals surface area contributed by atoms with Crippen molar-refractivity contribution in [2.24, 2.45) is 0 Å². The highest BCUT2D eigenvalue weighted by molar-refractivity contribution is 5.81. The van der Waals surface area contributed by atoms with E-state index in [9.17, 15) is 35.9 Å². The molecule has 1 aromatic carbocycles. The molecular formula is C30H34F6N2O6. The number of hydrogen-bond acceptors (Lipinski definition) is 8. The quantitative estimate of drug-likeness (QED) is 0.0679. The molecule has 0 saturated carbocycles. The predicted octanol–water partition coefficient (Wildman–Crippen LogP) is 7.52. The van der Waals surface area contributed by atoms with Crippen LogP contribution >= 0.6 is 0 Å². The molecule has 0 radical (unpaired) electrons. The second-order valence-electron chi connectivity index (χ2n) is 9.37. The van der Waals surface area contributed by atoms with Gasteiger partial charge in [-0.2, -0.15) is 26.3 Å². The summed E-state index contributed by atoms with van der Waals surface area (Å²) in [5, 5.41) is 0. The number of halogens is 6. The zero-order chi connectivity index (χ0) is 32.6. The maximum Gasteiger partial charge on any atom is 0.420 e. The van der Waals surface area contributed by atoms with Crippen LogP contribution in [0, 0.1) is 0 Å². The first-order valence-corrected chi connectivity index (χ1v) is 13.9. The summed E-state index contributed by atoms with van der Waals surface area (Å²) in [6.07, 6.45) is -1.89. The van der Waals surface area contributed by atoms with Crippen molar-refractivity contribution in [1.29, 1.82) is 0 Å². The van der Waals surface area contributed by atoms with E-state index in [1.54, 1.807) is 0 Å². The summed E-state index contributed by atoms with van der Waals surface area (Å²) < 4.78 is 105. The minimum Gasteiger partial charge on any atom is -0.493 e. The Morgan fingerprint density at radius 3 is 1.57 bits per heavy atom. The molecule has 0 spiro atoms. The summed E-state index contributed by atoms with van der Waals surface area (Å²) in [5.74, 6) is -2.45. The van der Waals surface area contributed by atoms with Crippen LogP contribution in [0.15, 0.2) is 49.8 Å². The molecule has 14 heteroatoms. The van der Waals surface area contributed by atoms with Crippen LogP contribution in [0.3, 0.4) is 0 Å². The summed E-state index contributed by atoms with van der Waals surface area (Å²) in [6.45, 7) is 6.97. The molecule has 0 unspecified atom stereocenters. The van der Waals surface area contributed by atoms with E-state index >= 15 is 0 Å². The normalized spacial score (nSPS) is 11.5. The minimum absolute atomic E-state index is 0.136. The minimum atomic E-state index is -5.40. The average molecular weight is 633 g/mol. The third-order valence-corrected chi connectivity index (χ3v) is 6.03. The van der Waals surface area contributed by atoms with Gasteiger partial charge in [-0.1, -0.05) is 13.2 Å². The lowest BCUT2D eigenvalue weighted by molar-refractivity contribution is -0.162. The third-order valence-electron chi connectivity index (χ3n) is 6.03. The second-order valence-corrected chi connectivity index (χ2v) is 9.37. The SMILES string of the molecule is C=CC(=O)OCCCCCCOc1cnc(-c2ccc(OCCCCCCOC(=O)C=C)c(C(F)(F)F)c2C(F)(F)F)nc1. The average Bonchev–Trinajstić information content (AvgIpc) is 2.98. The van der Waals surface area contributed by atoms with Crippen molar-refractivity contribution in [3.05, 3.63) is 61.0 Å². The van der Waals surface area contributed by atoms with Crippen molar-refractivity contribution in [3.63, 3.8) is 0 Å². The van der Waals surface area contributed by atoms with Gasteiger partial charge in [0.1, 0.15) is 11.3 Å². The van der Waals surface area contributed by atoms with Gasteiger partial charge in [0, 0.05) is 17.7 Å². The van der Waals surface area contributed by atoms with Gasteiger partial charge in [-0.25, -0.2) is 19.6 Å². The van der Waals surface area contributed by atoms with Gasteiger partial charge >= 0.3 is 24.3 Å². The van der Waals surface area contributed by atoms with Gasteiger partial charge in [0.2, 0.25) is 0 Å². The van der Waals surface area contributed by atoms with Gasteiger partial charge < -0.3 is 18.9 Å². The largest absolute Gasteiger partial charge is 0.493 e. The summed E-state index contributed by atoms with van der Waals surface area (Å²) in [4.78, 5) is 29.6. The highest BCUT2D eigenvalue weighted by Gasteiger charge is 2.48. The molecule has 44 heavy (non-hydrogen) atoms. The molecule has 0 amide bonds. The number of rotatable bonds is 19. The van der Waals surface area contributed by atoms with Crippen LogP contribution in [-0.4, -0.2) is 48.3 Å². The Morgan fingerprint density at radius 2 is 1.11 bits per heavy atom. The van der Waals surface area contributed by atoms with Gasteiger partial charge in [0.25, 0.3) is 0 Å². The molecule has 0 N–H and O–H groups in total. The maximum absolute atomic E-state index is 14.1. The Balaban J connectivity index is 2.03. The number of unbranched alkanes of at least 4 members (excludes halogenated alkanes) is 6. The number of benzene rings is 1. The van der Waals surface area contributed by atoms with Crippen molar-refractivity contribution >= 4 is 11.9 Å². The maximum atomic E-state index is 14.1. The molecule has 0 saturated heterocycles. The molecule has 0 aliphatic heterocycles. The monoisotopic (exact) mass is 632 g/mol. The van der Waals surface area contributed by atoms with Crippen molar-refractivity contribution < 1.29 is 54.9 Å². The summed E-state index contributed by atoms with van der Waals surface area (Å²) >= 11 is 0. The molecule has 0 bridgehead atoms. The van der Waals surface area contributed by atoms with Crippen molar-refractivity contribution in [2.45, 2.75) is 63.7 Å². The lowest BCUT2D eigenvalue weighted by Crippen LogP contribution is -2.20. The van der Waals surface area contributed by atoms with E-state index in [-0.39, 0.29) is 38.6 Å². The lowest BCUT2D eigenvalue weighted by atomic mass is 9.98. The van der Waals surface area contributed by atoms with E-state index in [0.29, 0.717) is 32.1 Å². The molecule has 242 valence electrons. The van der Waals surface area contributed by atoms with Gasteiger partial charge in [-0.3, -0.25) is 0 Å². The van der Waals surface area contributed by atoms with Crippen LogP contribution in [0.1, 0.15) is 62.5 Å². The summed E-state index contributed by atoms with van der Waals surface area (Å²) in [5.41, 5.74) is -4.75. The predicted molar refractivity (Wildman–Crippen MR) is 148 cm³/mol. The van der Waals surface area contributed by atoms with E-state index in [2.05, 4.69) is 23.1 Å². The van der Waals surface area contributed by atoms with Crippen LogP contribution in [0.25, 0.3) is 11.4 Å². The van der Waals surface area contributed by atoms with E-state index < -0.39 is 52.6 Å². The Hall–Kier alpha value is -4.10. The van der Waals surface area contributed by atoms with Crippen LogP contribution in [0.2, 0.25) is 0 Å². The Kier molecular flexibility index (Phi) is 14.7. The Bertz CT molecular complexity index is 1230. The van der Waals surface area contributed by atoms with E-state index in [1.807, 2.05) is 0 Å². The molecule has 8 nitrogen and oxygen atoms in total. The highest BCUT2D eigenvalue weighted by atomic mass is 19.4. The van der Waals surface area contributed by atoms with Crippen LogP contribution in [0.5, 0.6) is 11.5 Å². The second kappa shape index (κ2) is 17.9. The first kappa shape index (κ1) is 36.1. The highest BCUT2D eigenvalue weighted by Crippen LogP contribution is 2.48. The fourth-order valence-electron chi connectivity index (χ4n) is 3.95. The number of nitrogens with zero attached hydrogens (tertiary/aromatic N) is 2. The number of carbonyl (C=O) groups excluding carboxylic acids is 2. The standard InChI is InChI=1S/C30H34F6N2O6/c1-3-24(39)43-17-11-7-5-9-15-41-21-19-37-28(38-20-21)22-13-14-23(27(30(34,35)36)26(22)29(31,32)33)42-16-10-6-8-12-18-44-25(40)4-2/h3-4,13-14,19-20H,1-2,5-12,15-18H2. The first-order valence-electron chi connectivity index (χ1n) is 13.9. The smallest absolute Gasteiger partial charge is 0.420 e. The molecule has 2 aromatic rings. The Morgan fingerprint density at radius 1 is 0.659 bits per heavy atom. The number of carbonyl (C=O) groups is 2. The molecule has 2 rings (SSSR count). The number of alkyl halides is 6. The number of aromatic nitrogens is 2. The van der Waals surface area contributed by atoms with E-state index in [4.69, 9.17) is 18.9 Å². The zero-order valence-electron chi connectivity index (χ0n) is 24.0. The summed E-state index contributed by atoms with van der Waals surface area (Å²) in [7, 11) is 0. The van der Waals surface area contributed by atoms with Crippen molar-refractivity contribution in [1.82, 2.24) is 9.97 Å². The van der Waals surface area contributed by atoms with E-state index in [0.717, 1.165) is 49.5 Å². The van der Waals surface area contributed by atoms with Crippen molar-refractivity contribution in [3.8, 4) is 22.9 Å². The summed E-state index contributed by atoms with van der Waals surface area (Å²) in [6, 6.07) is 1.68. The molecule has 1 aromatic heterocycles. The number of esters is 2. The van der Waals surface area contributed by atoms with Crippen molar-refractivity contribution in [2.75, 3.05) is 26.4 Å². The fraction of sp³-hybridized carbons (Fsp3) is 0.467. The van der Waals surface area contributed by atoms with Crippen LogP contribution in [0.4, 0.5) is 26.3 Å². The van der Waals surface area contributed by atoms with Gasteiger partial charge in [0.05, 0.1) is 44.4 Å². The molecule has 0 fully saturated rings. The fourth-order valence-corrected chi connectivity index (χ4v) is 3.95. The Labute approximate surface area is 251 Å². The van der Waals surface area contributed by atoms with Crippen LogP contribution in [-0.2, 0) is 31.4 Å².